The Morgan fingerprint density at radius 3 is 2.64 bits per heavy atom. The SMILES string of the molecule is Cc1ccccc1C(=O)Nc1sc2c(c1C(=O)N(C)C)CC[C@@H](C)C2. The lowest BCUT2D eigenvalue weighted by Gasteiger charge is -2.19. The summed E-state index contributed by atoms with van der Waals surface area (Å²) in [7, 11) is 3.51. The highest BCUT2D eigenvalue weighted by Gasteiger charge is 2.29. The Morgan fingerprint density at radius 2 is 1.96 bits per heavy atom. The maximum atomic E-state index is 12.7. The van der Waals surface area contributed by atoms with Crippen LogP contribution in [0.4, 0.5) is 5.00 Å². The number of hydrogen-bond donors (Lipinski definition) is 1. The van der Waals surface area contributed by atoms with Gasteiger partial charge in [-0.25, -0.2) is 0 Å². The van der Waals surface area contributed by atoms with Crippen molar-refractivity contribution in [3.05, 3.63) is 51.4 Å². The Bertz CT molecular complexity index is 823. The van der Waals surface area contributed by atoms with E-state index in [1.807, 2.05) is 31.2 Å². The topological polar surface area (TPSA) is 49.4 Å². The summed E-state index contributed by atoms with van der Waals surface area (Å²) in [6.07, 6.45) is 2.97. The molecular weight excluding hydrogens is 332 g/mol. The van der Waals surface area contributed by atoms with Gasteiger partial charge in [-0.1, -0.05) is 25.1 Å². The first-order valence-corrected chi connectivity index (χ1v) is 9.43. The number of rotatable bonds is 3. The molecular formula is C20H24N2O2S. The summed E-state index contributed by atoms with van der Waals surface area (Å²) in [5.41, 5.74) is 3.38. The second kappa shape index (κ2) is 7.00. The molecule has 0 bridgehead atoms. The molecule has 3 rings (SSSR count). The van der Waals surface area contributed by atoms with Crippen LogP contribution in [-0.2, 0) is 12.8 Å². The van der Waals surface area contributed by atoms with Gasteiger partial charge in [0.25, 0.3) is 11.8 Å². The van der Waals surface area contributed by atoms with E-state index in [1.54, 1.807) is 30.3 Å². The summed E-state index contributed by atoms with van der Waals surface area (Å²) < 4.78 is 0. The number of thiophene rings is 1. The zero-order valence-electron chi connectivity index (χ0n) is 15.2. The highest BCUT2D eigenvalue weighted by Crippen LogP contribution is 2.40. The number of anilines is 1. The zero-order chi connectivity index (χ0) is 18.1. The Kier molecular flexibility index (Phi) is 4.95. The van der Waals surface area contributed by atoms with Crippen molar-refractivity contribution < 1.29 is 9.59 Å². The van der Waals surface area contributed by atoms with Crippen LogP contribution in [0.2, 0.25) is 0 Å². The lowest BCUT2D eigenvalue weighted by atomic mass is 9.88. The summed E-state index contributed by atoms with van der Waals surface area (Å²) in [6, 6.07) is 7.50. The fourth-order valence-electron chi connectivity index (χ4n) is 3.29. The highest BCUT2D eigenvalue weighted by atomic mass is 32.1. The van der Waals surface area contributed by atoms with Crippen LogP contribution in [-0.4, -0.2) is 30.8 Å². The molecule has 2 aromatic rings. The smallest absolute Gasteiger partial charge is 0.256 e. The molecule has 0 aliphatic heterocycles. The van der Waals surface area contributed by atoms with E-state index in [0.29, 0.717) is 22.0 Å². The minimum Gasteiger partial charge on any atom is -0.345 e. The van der Waals surface area contributed by atoms with Gasteiger partial charge in [-0.05, 0) is 49.3 Å². The summed E-state index contributed by atoms with van der Waals surface area (Å²) in [4.78, 5) is 28.3. The van der Waals surface area contributed by atoms with Crippen molar-refractivity contribution in [2.75, 3.05) is 19.4 Å². The molecule has 1 aromatic heterocycles. The molecule has 1 heterocycles. The molecule has 1 N–H and O–H groups in total. The predicted molar refractivity (Wildman–Crippen MR) is 103 cm³/mol. The molecule has 1 aromatic carbocycles. The molecule has 0 saturated carbocycles. The highest BCUT2D eigenvalue weighted by molar-refractivity contribution is 7.17. The van der Waals surface area contributed by atoms with Crippen LogP contribution in [0.25, 0.3) is 0 Å². The lowest BCUT2D eigenvalue weighted by molar-refractivity contribution is 0.0827. The van der Waals surface area contributed by atoms with Crippen molar-refractivity contribution >= 4 is 28.2 Å². The molecule has 5 heteroatoms. The Balaban J connectivity index is 1.99. The Morgan fingerprint density at radius 1 is 1.24 bits per heavy atom. The summed E-state index contributed by atoms with van der Waals surface area (Å²) in [5, 5.41) is 3.69. The van der Waals surface area contributed by atoms with Gasteiger partial charge in [0.2, 0.25) is 0 Å². The van der Waals surface area contributed by atoms with Crippen LogP contribution < -0.4 is 5.32 Å². The Labute approximate surface area is 152 Å². The molecule has 4 nitrogen and oxygen atoms in total. The first-order valence-electron chi connectivity index (χ1n) is 8.61. The van der Waals surface area contributed by atoms with E-state index in [1.165, 1.54) is 4.88 Å². The van der Waals surface area contributed by atoms with E-state index >= 15 is 0 Å². The number of carbonyl (C=O) groups excluding carboxylic acids is 2. The van der Waals surface area contributed by atoms with Gasteiger partial charge in [0.05, 0.1) is 5.56 Å². The van der Waals surface area contributed by atoms with Crippen LogP contribution >= 0.6 is 11.3 Å². The first kappa shape index (κ1) is 17.7. The van der Waals surface area contributed by atoms with Gasteiger partial charge in [0.1, 0.15) is 5.00 Å². The number of benzene rings is 1. The molecule has 132 valence electrons. The van der Waals surface area contributed by atoms with Gasteiger partial charge >= 0.3 is 0 Å². The second-order valence-electron chi connectivity index (χ2n) is 7.02. The van der Waals surface area contributed by atoms with Crippen molar-refractivity contribution in [2.45, 2.75) is 33.1 Å². The average molecular weight is 356 g/mol. The minimum absolute atomic E-state index is 0.0351. The average Bonchev–Trinajstić information content (AvgIpc) is 2.90. The maximum absolute atomic E-state index is 12.7. The number of nitrogens with zero attached hydrogens (tertiary/aromatic N) is 1. The minimum atomic E-state index is -0.155. The van der Waals surface area contributed by atoms with Crippen LogP contribution in [0.3, 0.4) is 0 Å². The summed E-state index contributed by atoms with van der Waals surface area (Å²) in [6.45, 7) is 4.16. The molecule has 2 amide bonds. The number of aryl methyl sites for hydroxylation is 1. The van der Waals surface area contributed by atoms with Crippen molar-refractivity contribution in [3.8, 4) is 0 Å². The molecule has 1 atom stereocenters. The third-order valence-electron chi connectivity index (χ3n) is 4.75. The van der Waals surface area contributed by atoms with Crippen LogP contribution in [0.5, 0.6) is 0 Å². The van der Waals surface area contributed by atoms with E-state index in [4.69, 9.17) is 0 Å². The van der Waals surface area contributed by atoms with E-state index in [0.717, 1.165) is 30.4 Å². The number of amides is 2. The van der Waals surface area contributed by atoms with Gasteiger partial charge in [0.15, 0.2) is 0 Å². The number of nitrogens with one attached hydrogen (secondary N) is 1. The van der Waals surface area contributed by atoms with Crippen LogP contribution in [0.1, 0.15) is 50.1 Å². The van der Waals surface area contributed by atoms with Gasteiger partial charge in [-0.3, -0.25) is 9.59 Å². The quantitative estimate of drug-likeness (QED) is 0.899. The normalized spacial score (nSPS) is 16.2. The molecule has 1 aliphatic carbocycles. The van der Waals surface area contributed by atoms with Gasteiger partial charge in [-0.2, -0.15) is 0 Å². The molecule has 0 spiro atoms. The first-order chi connectivity index (χ1) is 11.9. The van der Waals surface area contributed by atoms with Gasteiger partial charge < -0.3 is 10.2 Å². The third kappa shape index (κ3) is 3.47. The molecule has 1 aliphatic rings. The van der Waals surface area contributed by atoms with E-state index in [9.17, 15) is 9.59 Å². The van der Waals surface area contributed by atoms with E-state index in [2.05, 4.69) is 12.2 Å². The van der Waals surface area contributed by atoms with Gasteiger partial charge in [0, 0.05) is 24.5 Å². The van der Waals surface area contributed by atoms with Crippen molar-refractivity contribution in [3.63, 3.8) is 0 Å². The van der Waals surface area contributed by atoms with Gasteiger partial charge in [-0.15, -0.1) is 11.3 Å². The fourth-order valence-corrected chi connectivity index (χ4v) is 4.68. The van der Waals surface area contributed by atoms with Crippen molar-refractivity contribution in [2.24, 2.45) is 5.92 Å². The van der Waals surface area contributed by atoms with Crippen LogP contribution in [0, 0.1) is 12.8 Å². The molecule has 0 saturated heterocycles. The standard InChI is InChI=1S/C20H24N2O2S/c1-12-9-10-15-16(11-12)25-19(17(15)20(24)22(3)4)21-18(23)14-8-6-5-7-13(14)2/h5-8,12H,9-11H2,1-4H3,(H,21,23)/t12-/m1/s1. The van der Waals surface area contributed by atoms with Crippen molar-refractivity contribution in [1.82, 2.24) is 4.90 Å². The molecule has 0 unspecified atom stereocenters. The Hall–Kier alpha value is -2.14. The number of carbonyl (C=O) groups is 2. The molecule has 0 fully saturated rings. The van der Waals surface area contributed by atoms with Crippen molar-refractivity contribution in [1.29, 1.82) is 0 Å². The second-order valence-corrected chi connectivity index (χ2v) is 8.13. The summed E-state index contributed by atoms with van der Waals surface area (Å²) >= 11 is 1.56. The third-order valence-corrected chi connectivity index (χ3v) is 5.92. The largest absolute Gasteiger partial charge is 0.345 e. The zero-order valence-corrected chi connectivity index (χ0v) is 16.0. The van der Waals surface area contributed by atoms with Crippen LogP contribution in [0.15, 0.2) is 24.3 Å². The summed E-state index contributed by atoms with van der Waals surface area (Å²) in [5.74, 6) is 0.429. The monoisotopic (exact) mass is 356 g/mol. The van der Waals surface area contributed by atoms with E-state index < -0.39 is 0 Å². The fraction of sp³-hybridized carbons (Fsp3) is 0.400. The lowest BCUT2D eigenvalue weighted by Crippen LogP contribution is -2.25. The molecule has 0 radical (unpaired) electrons. The molecule has 25 heavy (non-hydrogen) atoms. The number of fused-ring (bicyclic) bond motifs is 1. The maximum Gasteiger partial charge on any atom is 0.256 e. The predicted octanol–water partition coefficient (Wildman–Crippen LogP) is 4.14. The van der Waals surface area contributed by atoms with E-state index in [-0.39, 0.29) is 11.8 Å². The number of hydrogen-bond acceptors (Lipinski definition) is 3.